The Morgan fingerprint density at radius 3 is 2.10 bits per heavy atom. The van der Waals surface area contributed by atoms with Crippen LogP contribution in [0.2, 0.25) is 0 Å². The van der Waals surface area contributed by atoms with E-state index in [4.69, 9.17) is 14.2 Å². The van der Waals surface area contributed by atoms with Gasteiger partial charge in [-0.2, -0.15) is 0 Å². The average Bonchev–Trinajstić information content (AvgIpc) is 2.51. The molecule has 1 aromatic rings. The first-order chi connectivity index (χ1) is 10.0. The third-order valence-corrected chi connectivity index (χ3v) is 3.50. The zero-order valence-electron chi connectivity index (χ0n) is 14.0. The van der Waals surface area contributed by atoms with Crippen molar-refractivity contribution in [3.05, 3.63) is 17.7 Å². The van der Waals surface area contributed by atoms with Gasteiger partial charge in [0, 0.05) is 19.1 Å². The highest BCUT2D eigenvalue weighted by molar-refractivity contribution is 5.53. The molecule has 1 aromatic carbocycles. The molecule has 5 nitrogen and oxygen atoms in total. The van der Waals surface area contributed by atoms with Crippen LogP contribution in [0.15, 0.2) is 12.1 Å². The maximum atomic E-state index is 5.37. The molecule has 5 heteroatoms. The summed E-state index contributed by atoms with van der Waals surface area (Å²) in [6, 6.07) is 4.36. The minimum absolute atomic E-state index is 0.411. The second kappa shape index (κ2) is 8.74. The van der Waals surface area contributed by atoms with Gasteiger partial charge in [0.05, 0.1) is 21.3 Å². The summed E-state index contributed by atoms with van der Waals surface area (Å²) in [7, 11) is 7.00. The van der Waals surface area contributed by atoms with E-state index in [9.17, 15) is 0 Å². The summed E-state index contributed by atoms with van der Waals surface area (Å²) in [5.74, 6) is 2.00. The van der Waals surface area contributed by atoms with Crippen molar-refractivity contribution >= 4 is 0 Å². The molecule has 1 N–H and O–H groups in total. The molecule has 0 bridgehead atoms. The fourth-order valence-electron chi connectivity index (χ4n) is 2.19. The molecule has 0 spiro atoms. The Morgan fingerprint density at radius 1 is 1.10 bits per heavy atom. The molecule has 0 heterocycles. The van der Waals surface area contributed by atoms with Crippen LogP contribution in [-0.4, -0.2) is 52.4 Å². The maximum Gasteiger partial charge on any atom is 0.203 e. The largest absolute Gasteiger partial charge is 0.493 e. The predicted octanol–water partition coefficient (Wildman–Crippen LogP) is 2.14. The standard InChI is InChI=1S/C16H28N2O3/c1-7-18(3)11-12(2)17-10-13-8-14(19-4)16(21-6)15(9-13)20-5/h8-9,12,17H,7,10-11H2,1-6H3. The molecular formula is C16H28N2O3. The van der Waals surface area contributed by atoms with Crippen LogP contribution < -0.4 is 19.5 Å². The van der Waals surface area contributed by atoms with Gasteiger partial charge in [-0.25, -0.2) is 0 Å². The normalized spacial score (nSPS) is 12.3. The third kappa shape index (κ3) is 5.10. The first kappa shape index (κ1) is 17.6. The summed E-state index contributed by atoms with van der Waals surface area (Å²) in [5, 5.41) is 3.51. The molecule has 120 valence electrons. The topological polar surface area (TPSA) is 43.0 Å². The molecule has 1 atom stereocenters. The molecule has 1 unspecified atom stereocenters. The van der Waals surface area contributed by atoms with E-state index in [0.717, 1.165) is 25.2 Å². The minimum atomic E-state index is 0.411. The zero-order valence-corrected chi connectivity index (χ0v) is 14.0. The molecule has 0 amide bonds. The average molecular weight is 296 g/mol. The third-order valence-electron chi connectivity index (χ3n) is 3.50. The van der Waals surface area contributed by atoms with E-state index in [0.29, 0.717) is 23.3 Å². The van der Waals surface area contributed by atoms with E-state index in [1.54, 1.807) is 21.3 Å². The van der Waals surface area contributed by atoms with Gasteiger partial charge in [0.1, 0.15) is 0 Å². The lowest BCUT2D eigenvalue weighted by atomic mass is 10.1. The van der Waals surface area contributed by atoms with E-state index in [1.165, 1.54) is 0 Å². The van der Waals surface area contributed by atoms with Gasteiger partial charge in [-0.05, 0) is 38.2 Å². The van der Waals surface area contributed by atoms with Crippen LogP contribution in [0.5, 0.6) is 17.2 Å². The summed E-state index contributed by atoms with van der Waals surface area (Å²) < 4.78 is 16.1. The summed E-state index contributed by atoms with van der Waals surface area (Å²) in [5.41, 5.74) is 1.11. The van der Waals surface area contributed by atoms with Crippen LogP contribution in [-0.2, 0) is 6.54 Å². The second-order valence-corrected chi connectivity index (χ2v) is 5.17. The van der Waals surface area contributed by atoms with E-state index in [2.05, 4.69) is 31.1 Å². The minimum Gasteiger partial charge on any atom is -0.493 e. The molecule has 0 saturated heterocycles. The summed E-state index contributed by atoms with van der Waals surface area (Å²) in [6.07, 6.45) is 0. The van der Waals surface area contributed by atoms with Crippen LogP contribution in [0.4, 0.5) is 0 Å². The van der Waals surface area contributed by atoms with Crippen molar-refractivity contribution in [1.82, 2.24) is 10.2 Å². The lowest BCUT2D eigenvalue weighted by Gasteiger charge is -2.21. The Hall–Kier alpha value is -1.46. The maximum absolute atomic E-state index is 5.37. The molecule has 0 aromatic heterocycles. The monoisotopic (exact) mass is 296 g/mol. The number of nitrogens with one attached hydrogen (secondary N) is 1. The number of likely N-dealkylation sites (N-methyl/N-ethyl adjacent to an activating group) is 1. The van der Waals surface area contributed by atoms with E-state index >= 15 is 0 Å². The Balaban J connectivity index is 2.75. The van der Waals surface area contributed by atoms with Gasteiger partial charge >= 0.3 is 0 Å². The van der Waals surface area contributed by atoms with Crippen molar-refractivity contribution in [2.75, 3.05) is 41.5 Å². The number of hydrogen-bond donors (Lipinski definition) is 1. The number of ether oxygens (including phenoxy) is 3. The van der Waals surface area contributed by atoms with E-state index < -0.39 is 0 Å². The highest BCUT2D eigenvalue weighted by Gasteiger charge is 2.13. The van der Waals surface area contributed by atoms with Crippen molar-refractivity contribution in [3.8, 4) is 17.2 Å². The Kier molecular flexibility index (Phi) is 7.32. The number of benzene rings is 1. The zero-order chi connectivity index (χ0) is 15.8. The highest BCUT2D eigenvalue weighted by Crippen LogP contribution is 2.38. The fraction of sp³-hybridized carbons (Fsp3) is 0.625. The van der Waals surface area contributed by atoms with Crippen LogP contribution >= 0.6 is 0 Å². The van der Waals surface area contributed by atoms with Crippen molar-refractivity contribution in [2.24, 2.45) is 0 Å². The Bertz CT molecular complexity index is 413. The van der Waals surface area contributed by atoms with Gasteiger partial charge in [0.2, 0.25) is 5.75 Å². The van der Waals surface area contributed by atoms with Gasteiger partial charge < -0.3 is 24.4 Å². The van der Waals surface area contributed by atoms with Gasteiger partial charge in [0.25, 0.3) is 0 Å². The summed E-state index contributed by atoms with van der Waals surface area (Å²) in [6.45, 7) is 7.17. The summed E-state index contributed by atoms with van der Waals surface area (Å²) in [4.78, 5) is 2.28. The molecular weight excluding hydrogens is 268 g/mol. The van der Waals surface area contributed by atoms with Gasteiger partial charge in [-0.3, -0.25) is 0 Å². The fourth-order valence-corrected chi connectivity index (χ4v) is 2.19. The number of hydrogen-bond acceptors (Lipinski definition) is 5. The lowest BCUT2D eigenvalue weighted by molar-refractivity contribution is 0.308. The molecule has 0 fully saturated rings. The highest BCUT2D eigenvalue weighted by atomic mass is 16.5. The quantitative estimate of drug-likeness (QED) is 0.756. The summed E-state index contributed by atoms with van der Waals surface area (Å²) >= 11 is 0. The van der Waals surface area contributed by atoms with Crippen LogP contribution in [0, 0.1) is 0 Å². The van der Waals surface area contributed by atoms with Crippen LogP contribution in [0.3, 0.4) is 0 Å². The Labute approximate surface area is 128 Å². The van der Waals surface area contributed by atoms with Gasteiger partial charge in [-0.1, -0.05) is 6.92 Å². The first-order valence-electron chi connectivity index (χ1n) is 7.26. The van der Waals surface area contributed by atoms with Gasteiger partial charge in [0.15, 0.2) is 11.5 Å². The Morgan fingerprint density at radius 2 is 1.67 bits per heavy atom. The number of rotatable bonds is 9. The van der Waals surface area contributed by atoms with Crippen molar-refractivity contribution in [1.29, 1.82) is 0 Å². The molecule has 0 aliphatic heterocycles. The van der Waals surface area contributed by atoms with Crippen molar-refractivity contribution in [2.45, 2.75) is 26.4 Å². The second-order valence-electron chi connectivity index (χ2n) is 5.17. The lowest BCUT2D eigenvalue weighted by Crippen LogP contribution is -2.36. The predicted molar refractivity (Wildman–Crippen MR) is 85.6 cm³/mol. The molecule has 1 rings (SSSR count). The molecule has 0 saturated carbocycles. The smallest absolute Gasteiger partial charge is 0.203 e. The molecule has 0 aliphatic carbocycles. The molecule has 21 heavy (non-hydrogen) atoms. The molecule has 0 radical (unpaired) electrons. The van der Waals surface area contributed by atoms with E-state index in [-0.39, 0.29) is 0 Å². The number of nitrogens with zero attached hydrogens (tertiary/aromatic N) is 1. The van der Waals surface area contributed by atoms with Crippen LogP contribution in [0.25, 0.3) is 0 Å². The first-order valence-corrected chi connectivity index (χ1v) is 7.26. The van der Waals surface area contributed by atoms with Crippen molar-refractivity contribution in [3.63, 3.8) is 0 Å². The number of methoxy groups -OCH3 is 3. The van der Waals surface area contributed by atoms with Gasteiger partial charge in [-0.15, -0.1) is 0 Å². The molecule has 0 aliphatic rings. The van der Waals surface area contributed by atoms with E-state index in [1.807, 2.05) is 12.1 Å². The SMILES string of the molecule is CCN(C)CC(C)NCc1cc(OC)c(OC)c(OC)c1. The van der Waals surface area contributed by atoms with Crippen LogP contribution in [0.1, 0.15) is 19.4 Å². The van der Waals surface area contributed by atoms with Crippen molar-refractivity contribution < 1.29 is 14.2 Å².